The summed E-state index contributed by atoms with van der Waals surface area (Å²) in [5, 5.41) is 2.92. The average Bonchev–Trinajstić information content (AvgIpc) is 2.56. The zero-order valence-electron chi connectivity index (χ0n) is 12.3. The Morgan fingerprint density at radius 3 is 2.45 bits per heavy atom. The van der Waals surface area contributed by atoms with Gasteiger partial charge in [-0.2, -0.15) is 11.8 Å². The van der Waals surface area contributed by atoms with Gasteiger partial charge in [0.1, 0.15) is 5.75 Å². The highest BCUT2D eigenvalue weighted by atomic mass is 79.9. The van der Waals surface area contributed by atoms with E-state index in [-0.39, 0.29) is 5.91 Å². The van der Waals surface area contributed by atoms with Crippen molar-refractivity contribution in [3.63, 3.8) is 0 Å². The number of amides is 1. The normalized spacial score (nSPS) is 10.3. The Kier molecular flexibility index (Phi) is 6.80. The minimum Gasteiger partial charge on any atom is -0.497 e. The second kappa shape index (κ2) is 8.86. The van der Waals surface area contributed by atoms with E-state index in [0.717, 1.165) is 21.7 Å². The molecule has 0 fully saturated rings. The molecule has 0 aromatic heterocycles. The lowest BCUT2D eigenvalue weighted by Gasteiger charge is -2.06. The van der Waals surface area contributed by atoms with Crippen LogP contribution < -0.4 is 10.1 Å². The Morgan fingerprint density at radius 1 is 1.14 bits per heavy atom. The molecule has 116 valence electrons. The molecular formula is C17H18BrNO2S. The summed E-state index contributed by atoms with van der Waals surface area (Å²) in [6.45, 7) is 0.659. The number of thioether (sulfide) groups is 1. The zero-order chi connectivity index (χ0) is 15.8. The van der Waals surface area contributed by atoms with Crippen LogP contribution in [0.3, 0.4) is 0 Å². The molecule has 5 heteroatoms. The maximum absolute atomic E-state index is 11.9. The van der Waals surface area contributed by atoms with E-state index in [0.29, 0.717) is 12.1 Å². The molecular weight excluding hydrogens is 362 g/mol. The van der Waals surface area contributed by atoms with Gasteiger partial charge in [0.2, 0.25) is 0 Å². The van der Waals surface area contributed by atoms with Crippen LogP contribution in [0.1, 0.15) is 15.9 Å². The molecule has 0 radical (unpaired) electrons. The third-order valence-corrected chi connectivity index (χ3v) is 4.63. The topological polar surface area (TPSA) is 38.3 Å². The van der Waals surface area contributed by atoms with Gasteiger partial charge < -0.3 is 10.1 Å². The zero-order valence-corrected chi connectivity index (χ0v) is 14.7. The van der Waals surface area contributed by atoms with E-state index in [1.165, 1.54) is 5.56 Å². The number of hydrogen-bond donors (Lipinski definition) is 1. The quantitative estimate of drug-likeness (QED) is 0.735. The number of ether oxygens (including phenoxy) is 1. The Hall–Kier alpha value is -1.46. The van der Waals surface area contributed by atoms with Gasteiger partial charge in [-0.25, -0.2) is 0 Å². The first-order valence-corrected chi connectivity index (χ1v) is 8.88. The lowest BCUT2D eigenvalue weighted by Crippen LogP contribution is -2.25. The van der Waals surface area contributed by atoms with Crippen LogP contribution in [-0.2, 0) is 5.75 Å². The molecule has 0 bridgehead atoms. The molecule has 2 rings (SSSR count). The number of carbonyl (C=O) groups excluding carboxylic acids is 1. The van der Waals surface area contributed by atoms with E-state index in [1.807, 2.05) is 12.1 Å². The number of carbonyl (C=O) groups is 1. The summed E-state index contributed by atoms with van der Waals surface area (Å²) >= 11 is 5.23. The maximum Gasteiger partial charge on any atom is 0.251 e. The molecule has 0 unspecified atom stereocenters. The van der Waals surface area contributed by atoms with Crippen LogP contribution in [0.4, 0.5) is 0 Å². The van der Waals surface area contributed by atoms with Gasteiger partial charge >= 0.3 is 0 Å². The van der Waals surface area contributed by atoms with Gasteiger partial charge in [-0.05, 0) is 42.0 Å². The molecule has 1 amide bonds. The van der Waals surface area contributed by atoms with E-state index < -0.39 is 0 Å². The average molecular weight is 380 g/mol. The summed E-state index contributed by atoms with van der Waals surface area (Å²) < 4.78 is 6.16. The summed E-state index contributed by atoms with van der Waals surface area (Å²) in [6.07, 6.45) is 0. The van der Waals surface area contributed by atoms with Gasteiger partial charge in [-0.15, -0.1) is 0 Å². The number of benzene rings is 2. The molecule has 0 spiro atoms. The number of rotatable bonds is 7. The molecule has 0 atom stereocenters. The second-order valence-electron chi connectivity index (χ2n) is 4.66. The summed E-state index contributed by atoms with van der Waals surface area (Å²) in [4.78, 5) is 11.9. The molecule has 3 nitrogen and oxygen atoms in total. The SMILES string of the molecule is COc1ccc(C(=O)NCCSCc2ccc(Br)cc2)cc1. The fourth-order valence-corrected chi connectivity index (χ4v) is 2.94. The summed E-state index contributed by atoms with van der Waals surface area (Å²) in [5.41, 5.74) is 1.94. The lowest BCUT2D eigenvalue weighted by atomic mass is 10.2. The van der Waals surface area contributed by atoms with Gasteiger partial charge in [0.15, 0.2) is 0 Å². The maximum atomic E-state index is 11.9. The third kappa shape index (κ3) is 5.39. The number of methoxy groups -OCH3 is 1. The van der Waals surface area contributed by atoms with Crippen molar-refractivity contribution < 1.29 is 9.53 Å². The first kappa shape index (κ1) is 16.9. The van der Waals surface area contributed by atoms with Crippen LogP contribution in [-0.4, -0.2) is 25.3 Å². The van der Waals surface area contributed by atoms with Gasteiger partial charge in [0.05, 0.1) is 7.11 Å². The lowest BCUT2D eigenvalue weighted by molar-refractivity contribution is 0.0956. The van der Waals surface area contributed by atoms with Crippen molar-refractivity contribution in [3.05, 3.63) is 64.1 Å². The van der Waals surface area contributed by atoms with E-state index in [1.54, 1.807) is 43.1 Å². The van der Waals surface area contributed by atoms with Gasteiger partial charge in [0.25, 0.3) is 5.91 Å². The van der Waals surface area contributed by atoms with Crippen molar-refractivity contribution in [2.45, 2.75) is 5.75 Å². The second-order valence-corrected chi connectivity index (χ2v) is 6.68. The molecule has 2 aromatic rings. The van der Waals surface area contributed by atoms with E-state index >= 15 is 0 Å². The van der Waals surface area contributed by atoms with E-state index in [4.69, 9.17) is 4.74 Å². The van der Waals surface area contributed by atoms with Crippen LogP contribution in [0.15, 0.2) is 53.0 Å². The molecule has 1 N–H and O–H groups in total. The fourth-order valence-electron chi connectivity index (χ4n) is 1.85. The molecule has 2 aromatic carbocycles. The number of nitrogens with one attached hydrogen (secondary N) is 1. The predicted molar refractivity (Wildman–Crippen MR) is 95.6 cm³/mol. The third-order valence-electron chi connectivity index (χ3n) is 3.07. The minimum absolute atomic E-state index is 0.0492. The largest absolute Gasteiger partial charge is 0.497 e. The van der Waals surface area contributed by atoms with Crippen LogP contribution in [0.5, 0.6) is 5.75 Å². The first-order valence-electron chi connectivity index (χ1n) is 6.93. The highest BCUT2D eigenvalue weighted by Gasteiger charge is 2.04. The van der Waals surface area contributed by atoms with Crippen molar-refractivity contribution >= 4 is 33.6 Å². The van der Waals surface area contributed by atoms with Gasteiger partial charge in [0, 0.05) is 28.1 Å². The predicted octanol–water partition coefficient (Wildman–Crippen LogP) is 4.12. The number of halogens is 1. The van der Waals surface area contributed by atoms with Crippen molar-refractivity contribution in [2.24, 2.45) is 0 Å². The molecule has 0 saturated carbocycles. The van der Waals surface area contributed by atoms with Crippen LogP contribution in [0.25, 0.3) is 0 Å². The van der Waals surface area contributed by atoms with Crippen molar-refractivity contribution in [1.82, 2.24) is 5.32 Å². The Labute approximate surface area is 143 Å². The molecule has 22 heavy (non-hydrogen) atoms. The molecule has 0 saturated heterocycles. The molecule has 0 aliphatic rings. The van der Waals surface area contributed by atoms with Crippen molar-refractivity contribution in [3.8, 4) is 5.75 Å². The molecule has 0 heterocycles. The summed E-state index contributed by atoms with van der Waals surface area (Å²) in [5.74, 6) is 2.54. The Balaban J connectivity index is 1.67. The summed E-state index contributed by atoms with van der Waals surface area (Å²) in [7, 11) is 1.61. The number of hydrogen-bond acceptors (Lipinski definition) is 3. The van der Waals surface area contributed by atoms with Crippen LogP contribution >= 0.6 is 27.7 Å². The smallest absolute Gasteiger partial charge is 0.251 e. The first-order chi connectivity index (χ1) is 10.7. The van der Waals surface area contributed by atoms with Crippen LogP contribution in [0.2, 0.25) is 0 Å². The standard InChI is InChI=1S/C17H18BrNO2S/c1-21-16-8-4-14(5-9-16)17(20)19-10-11-22-12-13-2-6-15(18)7-3-13/h2-9H,10-12H2,1H3,(H,19,20). The Morgan fingerprint density at radius 2 is 1.82 bits per heavy atom. The van der Waals surface area contributed by atoms with E-state index in [2.05, 4.69) is 33.4 Å². The molecule has 0 aliphatic heterocycles. The summed E-state index contributed by atoms with van der Waals surface area (Å²) in [6, 6.07) is 15.4. The minimum atomic E-state index is -0.0492. The highest BCUT2D eigenvalue weighted by Crippen LogP contribution is 2.15. The van der Waals surface area contributed by atoms with Crippen molar-refractivity contribution in [1.29, 1.82) is 0 Å². The van der Waals surface area contributed by atoms with E-state index in [9.17, 15) is 4.79 Å². The molecule has 0 aliphatic carbocycles. The fraction of sp³-hybridized carbons (Fsp3) is 0.235. The monoisotopic (exact) mass is 379 g/mol. The van der Waals surface area contributed by atoms with Gasteiger partial charge in [-0.3, -0.25) is 4.79 Å². The van der Waals surface area contributed by atoms with Gasteiger partial charge in [-0.1, -0.05) is 28.1 Å². The van der Waals surface area contributed by atoms with Crippen LogP contribution in [0, 0.1) is 0 Å². The van der Waals surface area contributed by atoms with Crippen molar-refractivity contribution in [2.75, 3.05) is 19.4 Å². The Bertz CT molecular complexity index is 599. The highest BCUT2D eigenvalue weighted by molar-refractivity contribution is 9.10.